The number of pyridine rings is 1. The van der Waals surface area contributed by atoms with Crippen molar-refractivity contribution in [1.82, 2.24) is 14.5 Å². The summed E-state index contributed by atoms with van der Waals surface area (Å²) in [5, 5.41) is 11.6. The van der Waals surface area contributed by atoms with Crippen LogP contribution >= 0.6 is 0 Å². The number of rotatable bonds is 4. The van der Waals surface area contributed by atoms with Crippen LogP contribution in [0.15, 0.2) is 76.8 Å². The highest BCUT2D eigenvalue weighted by Gasteiger charge is 2.14. The topological polar surface area (TPSA) is 76.9 Å². The van der Waals surface area contributed by atoms with Crippen LogP contribution in [-0.4, -0.2) is 59.0 Å². The number of aromatic nitrogens is 2. The third kappa shape index (κ3) is 3.90. The van der Waals surface area contributed by atoms with Crippen molar-refractivity contribution in [3.8, 4) is 11.6 Å². The average molecular weight is 428 g/mol. The summed E-state index contributed by atoms with van der Waals surface area (Å²) in [4.78, 5) is 24.1. The molecule has 5 rings (SSSR count). The van der Waals surface area contributed by atoms with Crippen LogP contribution in [0.25, 0.3) is 16.5 Å². The Morgan fingerprint density at radius 3 is 2.34 bits per heavy atom. The summed E-state index contributed by atoms with van der Waals surface area (Å²) in [5.41, 5.74) is 3.02. The quantitative estimate of drug-likeness (QED) is 0.489. The summed E-state index contributed by atoms with van der Waals surface area (Å²) in [6, 6.07) is 17.5. The monoisotopic (exact) mass is 427 g/mol. The molecule has 1 saturated heterocycles. The predicted octanol–water partition coefficient (Wildman–Crippen LogP) is 3.53. The summed E-state index contributed by atoms with van der Waals surface area (Å²) in [7, 11) is 2.15. The first kappa shape index (κ1) is 20.1. The zero-order valence-electron chi connectivity index (χ0n) is 17.9. The van der Waals surface area contributed by atoms with Crippen molar-refractivity contribution in [3.05, 3.63) is 82.9 Å². The van der Waals surface area contributed by atoms with Gasteiger partial charge in [-0.25, -0.2) is 0 Å². The number of H-pyrrole nitrogens is 1. The number of benzene rings is 2. The highest BCUT2D eigenvalue weighted by molar-refractivity contribution is 6.02. The predicted molar refractivity (Wildman–Crippen MR) is 129 cm³/mol. The molecular weight excluding hydrogens is 402 g/mol. The minimum atomic E-state index is -0.328. The number of hydrogen-bond acceptors (Lipinski definition) is 5. The molecule has 1 aliphatic rings. The molecular formula is C25H25N5O2. The molecule has 4 aromatic rings. The fourth-order valence-corrected chi connectivity index (χ4v) is 4.07. The Balaban J connectivity index is 1.46. The first-order valence-electron chi connectivity index (χ1n) is 10.7. The minimum Gasteiger partial charge on any atom is -0.494 e. The maximum Gasteiger partial charge on any atom is 0.258 e. The number of fused-ring (bicyclic) bond motifs is 1. The second-order valence-electron chi connectivity index (χ2n) is 8.10. The van der Waals surface area contributed by atoms with E-state index in [4.69, 9.17) is 0 Å². The van der Waals surface area contributed by atoms with Crippen molar-refractivity contribution in [1.29, 1.82) is 0 Å². The Kier molecular flexibility index (Phi) is 5.25. The Labute approximate surface area is 185 Å². The van der Waals surface area contributed by atoms with Gasteiger partial charge in [0.15, 0.2) is 0 Å². The molecule has 0 bridgehead atoms. The lowest BCUT2D eigenvalue weighted by atomic mass is 10.1. The number of aliphatic imine (C=N–C) groups is 1. The summed E-state index contributed by atoms with van der Waals surface area (Å²) in [6.07, 6.45) is 5.48. The Hall–Kier alpha value is -3.84. The van der Waals surface area contributed by atoms with Crippen LogP contribution in [0.4, 0.5) is 11.4 Å². The third-order valence-electron chi connectivity index (χ3n) is 5.99. The fourth-order valence-electron chi connectivity index (χ4n) is 4.07. The van der Waals surface area contributed by atoms with E-state index >= 15 is 0 Å². The number of nitrogens with one attached hydrogen (secondary N) is 1. The van der Waals surface area contributed by atoms with Gasteiger partial charge in [0.2, 0.25) is 5.88 Å². The van der Waals surface area contributed by atoms with E-state index in [1.807, 2.05) is 53.4 Å². The summed E-state index contributed by atoms with van der Waals surface area (Å²) in [5.74, 6) is -0.190. The summed E-state index contributed by atoms with van der Waals surface area (Å²) < 4.78 is 1.95. The molecule has 32 heavy (non-hydrogen) atoms. The van der Waals surface area contributed by atoms with E-state index in [0.717, 1.165) is 37.6 Å². The zero-order valence-corrected chi connectivity index (χ0v) is 17.9. The van der Waals surface area contributed by atoms with Gasteiger partial charge in [0.05, 0.1) is 11.3 Å². The largest absolute Gasteiger partial charge is 0.494 e. The second-order valence-corrected chi connectivity index (χ2v) is 8.10. The van der Waals surface area contributed by atoms with E-state index < -0.39 is 0 Å². The third-order valence-corrected chi connectivity index (χ3v) is 5.99. The highest BCUT2D eigenvalue weighted by Crippen LogP contribution is 2.25. The van der Waals surface area contributed by atoms with Gasteiger partial charge in [-0.1, -0.05) is 0 Å². The maximum absolute atomic E-state index is 12.4. The Morgan fingerprint density at radius 2 is 1.62 bits per heavy atom. The molecule has 0 radical (unpaired) electrons. The van der Waals surface area contributed by atoms with Gasteiger partial charge < -0.3 is 19.5 Å². The number of likely N-dealkylation sites (N-methyl/N-ethyl adjacent to an activating group) is 1. The van der Waals surface area contributed by atoms with Crippen LogP contribution in [-0.2, 0) is 0 Å². The van der Waals surface area contributed by atoms with Crippen LogP contribution in [0.2, 0.25) is 0 Å². The number of piperazine rings is 1. The molecule has 7 nitrogen and oxygen atoms in total. The van der Waals surface area contributed by atoms with E-state index in [1.54, 1.807) is 12.3 Å². The van der Waals surface area contributed by atoms with Gasteiger partial charge in [0.25, 0.3) is 5.56 Å². The van der Waals surface area contributed by atoms with Gasteiger partial charge in [-0.05, 0) is 61.6 Å². The summed E-state index contributed by atoms with van der Waals surface area (Å²) in [6.45, 7) is 4.15. The van der Waals surface area contributed by atoms with Crippen LogP contribution in [0.1, 0.15) is 5.56 Å². The first-order valence-corrected chi connectivity index (χ1v) is 10.7. The van der Waals surface area contributed by atoms with E-state index in [1.165, 1.54) is 5.69 Å². The van der Waals surface area contributed by atoms with Crippen molar-refractivity contribution in [2.75, 3.05) is 38.1 Å². The van der Waals surface area contributed by atoms with Crippen molar-refractivity contribution in [2.45, 2.75) is 0 Å². The Morgan fingerprint density at radius 1 is 0.938 bits per heavy atom. The number of nitrogens with zero attached hydrogens (tertiary/aromatic N) is 4. The van der Waals surface area contributed by atoms with Crippen LogP contribution in [0, 0.1) is 0 Å². The fraction of sp³-hybridized carbons (Fsp3) is 0.200. The molecule has 162 valence electrons. The first-order chi connectivity index (χ1) is 15.6. The second kappa shape index (κ2) is 8.36. The zero-order chi connectivity index (χ0) is 22.1. The lowest BCUT2D eigenvalue weighted by Crippen LogP contribution is -2.44. The molecule has 2 aromatic carbocycles. The molecule has 1 aliphatic heterocycles. The standard InChI is InChI=1S/C25H25N5O2/c1-28-12-14-30(15-13-28)19-6-4-18(5-7-19)26-17-23-22-16-20(29-10-2-3-11-29)8-9-21(22)24(31)27-25(23)32/h2-11,16-17H,12-15H2,1H3,(H2,27,31,32). The molecule has 7 heteroatoms. The molecule has 0 unspecified atom stereocenters. The molecule has 2 aromatic heterocycles. The highest BCUT2D eigenvalue weighted by atomic mass is 16.3. The van der Waals surface area contributed by atoms with E-state index in [0.29, 0.717) is 16.3 Å². The van der Waals surface area contributed by atoms with Gasteiger partial charge in [-0.3, -0.25) is 14.8 Å². The minimum absolute atomic E-state index is 0.190. The number of aromatic hydroxyl groups is 1. The number of anilines is 1. The molecule has 2 N–H and O–H groups in total. The summed E-state index contributed by atoms with van der Waals surface area (Å²) >= 11 is 0. The molecule has 0 spiro atoms. The lowest BCUT2D eigenvalue weighted by molar-refractivity contribution is 0.313. The SMILES string of the molecule is CN1CCN(c2ccc(N=Cc3c(O)[nH]c(=O)c4ccc(-n5cccc5)cc34)cc2)CC1. The van der Waals surface area contributed by atoms with E-state index in [9.17, 15) is 9.90 Å². The number of aromatic amines is 1. The van der Waals surface area contributed by atoms with Crippen molar-refractivity contribution >= 4 is 28.4 Å². The van der Waals surface area contributed by atoms with Crippen molar-refractivity contribution in [3.63, 3.8) is 0 Å². The lowest BCUT2D eigenvalue weighted by Gasteiger charge is -2.34. The van der Waals surface area contributed by atoms with Gasteiger partial charge >= 0.3 is 0 Å². The van der Waals surface area contributed by atoms with Gasteiger partial charge in [-0.2, -0.15) is 0 Å². The molecule has 0 saturated carbocycles. The Bertz CT molecular complexity index is 1320. The number of hydrogen-bond donors (Lipinski definition) is 2. The van der Waals surface area contributed by atoms with Crippen molar-refractivity contribution in [2.24, 2.45) is 4.99 Å². The smallest absolute Gasteiger partial charge is 0.258 e. The van der Waals surface area contributed by atoms with Gasteiger partial charge in [0.1, 0.15) is 0 Å². The van der Waals surface area contributed by atoms with E-state index in [-0.39, 0.29) is 11.4 Å². The van der Waals surface area contributed by atoms with E-state index in [2.05, 4.69) is 39.0 Å². The molecule has 0 atom stereocenters. The normalized spacial score (nSPS) is 15.1. The molecule has 1 fully saturated rings. The molecule has 3 heterocycles. The van der Waals surface area contributed by atoms with Crippen LogP contribution < -0.4 is 10.5 Å². The van der Waals surface area contributed by atoms with Crippen LogP contribution in [0.3, 0.4) is 0 Å². The molecule has 0 aliphatic carbocycles. The van der Waals surface area contributed by atoms with Gasteiger partial charge in [0, 0.05) is 66.9 Å². The average Bonchev–Trinajstić information content (AvgIpc) is 3.35. The van der Waals surface area contributed by atoms with Gasteiger partial charge in [-0.15, -0.1) is 0 Å². The van der Waals surface area contributed by atoms with Crippen molar-refractivity contribution < 1.29 is 5.11 Å². The maximum atomic E-state index is 12.4. The molecule has 0 amide bonds. The van der Waals surface area contributed by atoms with Crippen LogP contribution in [0.5, 0.6) is 5.88 Å².